The van der Waals surface area contributed by atoms with Gasteiger partial charge in [0.25, 0.3) is 5.91 Å². The molecule has 0 radical (unpaired) electrons. The Bertz CT molecular complexity index is 1000. The second-order valence-corrected chi connectivity index (χ2v) is 9.56. The van der Waals surface area contributed by atoms with Crippen LogP contribution < -0.4 is 19.7 Å². The van der Waals surface area contributed by atoms with Crippen molar-refractivity contribution in [2.45, 2.75) is 25.8 Å². The Labute approximate surface area is 197 Å². The van der Waals surface area contributed by atoms with Gasteiger partial charge in [-0.05, 0) is 30.5 Å². The van der Waals surface area contributed by atoms with Crippen LogP contribution in [0, 0.1) is 0 Å². The van der Waals surface area contributed by atoms with Gasteiger partial charge in [-0.15, -0.1) is 0 Å². The SMILES string of the molecule is O=C(NCCCN1CCCC1=O)c1cnc(N2CCN(Cc3ccc4c(c3)OCO4)CC2)s1. The van der Waals surface area contributed by atoms with E-state index in [1.807, 2.05) is 11.0 Å². The van der Waals surface area contributed by atoms with Gasteiger partial charge in [0.05, 0.1) is 6.20 Å². The third-order valence-electron chi connectivity index (χ3n) is 6.26. The zero-order valence-electron chi connectivity index (χ0n) is 18.6. The number of anilines is 1. The number of nitrogens with zero attached hydrogens (tertiary/aromatic N) is 4. The fourth-order valence-electron chi connectivity index (χ4n) is 4.41. The summed E-state index contributed by atoms with van der Waals surface area (Å²) in [5, 5.41) is 3.85. The fourth-order valence-corrected chi connectivity index (χ4v) is 5.29. The standard InChI is InChI=1S/C23H29N5O4S/c29-21-3-1-7-27(21)8-2-6-24-22(30)20-14-25-23(33-20)28-11-9-26(10-12-28)15-17-4-5-18-19(13-17)32-16-31-18/h4-5,13-14H,1-3,6-12,15-16H2,(H,24,30). The predicted molar refractivity (Wildman–Crippen MR) is 125 cm³/mol. The molecule has 0 aliphatic carbocycles. The summed E-state index contributed by atoms with van der Waals surface area (Å²) in [6.45, 7) is 6.92. The highest BCUT2D eigenvalue weighted by Crippen LogP contribution is 2.33. The van der Waals surface area contributed by atoms with E-state index < -0.39 is 0 Å². The largest absolute Gasteiger partial charge is 0.454 e. The number of benzene rings is 1. The number of piperazine rings is 1. The molecule has 3 aliphatic rings. The van der Waals surface area contributed by atoms with Crippen LogP contribution in [-0.2, 0) is 11.3 Å². The Balaban J connectivity index is 1.05. The molecule has 1 aromatic carbocycles. The third kappa shape index (κ3) is 5.22. The molecule has 0 bridgehead atoms. The van der Waals surface area contributed by atoms with E-state index >= 15 is 0 Å². The van der Waals surface area contributed by atoms with Crippen LogP contribution in [0.3, 0.4) is 0 Å². The number of amides is 2. The lowest BCUT2D eigenvalue weighted by Crippen LogP contribution is -2.45. The number of hydrogen-bond acceptors (Lipinski definition) is 8. The van der Waals surface area contributed by atoms with Crippen LogP contribution >= 0.6 is 11.3 Å². The number of nitrogens with one attached hydrogen (secondary N) is 1. The van der Waals surface area contributed by atoms with Gasteiger partial charge in [-0.3, -0.25) is 14.5 Å². The Morgan fingerprint density at radius 2 is 1.97 bits per heavy atom. The van der Waals surface area contributed by atoms with E-state index in [4.69, 9.17) is 9.47 Å². The lowest BCUT2D eigenvalue weighted by molar-refractivity contribution is -0.127. The predicted octanol–water partition coefficient (Wildman–Crippen LogP) is 1.94. The van der Waals surface area contributed by atoms with E-state index in [9.17, 15) is 9.59 Å². The molecule has 2 aromatic rings. The molecule has 2 saturated heterocycles. The van der Waals surface area contributed by atoms with Gasteiger partial charge in [0.1, 0.15) is 4.88 Å². The molecule has 33 heavy (non-hydrogen) atoms. The van der Waals surface area contributed by atoms with Gasteiger partial charge < -0.3 is 24.6 Å². The first kappa shape index (κ1) is 22.0. The maximum Gasteiger partial charge on any atom is 0.263 e. The van der Waals surface area contributed by atoms with Crippen molar-refractivity contribution in [1.82, 2.24) is 20.1 Å². The Hall–Kier alpha value is -2.85. The summed E-state index contributed by atoms with van der Waals surface area (Å²) >= 11 is 1.44. The Kier molecular flexibility index (Phi) is 6.63. The molecule has 0 spiro atoms. The number of hydrogen-bond donors (Lipinski definition) is 1. The van der Waals surface area contributed by atoms with Crippen LogP contribution in [0.15, 0.2) is 24.4 Å². The maximum absolute atomic E-state index is 12.5. The second-order valence-electron chi connectivity index (χ2n) is 8.55. The summed E-state index contributed by atoms with van der Waals surface area (Å²) < 4.78 is 10.9. The first-order chi connectivity index (χ1) is 16.2. The molecule has 1 N–H and O–H groups in total. The normalized spacial score (nSPS) is 18.2. The van der Waals surface area contributed by atoms with Crippen LogP contribution in [0.2, 0.25) is 0 Å². The molecular formula is C23H29N5O4S. The number of fused-ring (bicyclic) bond motifs is 1. The monoisotopic (exact) mass is 471 g/mol. The molecule has 10 heteroatoms. The summed E-state index contributed by atoms with van der Waals surface area (Å²) in [6.07, 6.45) is 4.04. The fraction of sp³-hybridized carbons (Fsp3) is 0.522. The smallest absolute Gasteiger partial charge is 0.263 e. The lowest BCUT2D eigenvalue weighted by Gasteiger charge is -2.34. The van der Waals surface area contributed by atoms with Gasteiger partial charge >= 0.3 is 0 Å². The summed E-state index contributed by atoms with van der Waals surface area (Å²) in [6, 6.07) is 6.13. The summed E-state index contributed by atoms with van der Waals surface area (Å²) in [5.41, 5.74) is 1.22. The van der Waals surface area contributed by atoms with Gasteiger partial charge in [-0.2, -0.15) is 0 Å². The van der Waals surface area contributed by atoms with Crippen molar-refractivity contribution >= 4 is 28.3 Å². The molecule has 1 aromatic heterocycles. The number of carbonyl (C=O) groups excluding carboxylic acids is 2. The van der Waals surface area contributed by atoms with Crippen molar-refractivity contribution in [3.05, 3.63) is 34.8 Å². The van der Waals surface area contributed by atoms with Crippen LogP contribution in [0.4, 0.5) is 5.13 Å². The molecule has 0 saturated carbocycles. The highest BCUT2D eigenvalue weighted by molar-refractivity contribution is 7.17. The molecule has 4 heterocycles. The van der Waals surface area contributed by atoms with E-state index in [0.717, 1.165) is 68.7 Å². The molecule has 5 rings (SSSR count). The van der Waals surface area contributed by atoms with Crippen molar-refractivity contribution < 1.29 is 19.1 Å². The van der Waals surface area contributed by atoms with Crippen LogP contribution in [0.5, 0.6) is 11.5 Å². The average Bonchev–Trinajstić information content (AvgIpc) is 3.58. The lowest BCUT2D eigenvalue weighted by atomic mass is 10.1. The van der Waals surface area contributed by atoms with Gasteiger partial charge in [0.2, 0.25) is 12.7 Å². The van der Waals surface area contributed by atoms with E-state index in [0.29, 0.717) is 31.2 Å². The van der Waals surface area contributed by atoms with Crippen molar-refractivity contribution in [2.75, 3.05) is 57.5 Å². The first-order valence-electron chi connectivity index (χ1n) is 11.5. The molecule has 0 atom stereocenters. The Morgan fingerprint density at radius 1 is 1.12 bits per heavy atom. The topological polar surface area (TPSA) is 87.2 Å². The zero-order valence-corrected chi connectivity index (χ0v) is 19.4. The van der Waals surface area contributed by atoms with Crippen molar-refractivity contribution in [3.8, 4) is 11.5 Å². The van der Waals surface area contributed by atoms with Gasteiger partial charge in [0.15, 0.2) is 16.6 Å². The van der Waals surface area contributed by atoms with E-state index in [2.05, 4.69) is 32.2 Å². The van der Waals surface area contributed by atoms with Crippen molar-refractivity contribution in [1.29, 1.82) is 0 Å². The average molecular weight is 472 g/mol. The number of rotatable bonds is 8. The van der Waals surface area contributed by atoms with Crippen LogP contribution in [-0.4, -0.2) is 79.2 Å². The second kappa shape index (κ2) is 9.96. The highest BCUT2D eigenvalue weighted by Gasteiger charge is 2.22. The highest BCUT2D eigenvalue weighted by atomic mass is 32.1. The summed E-state index contributed by atoms with van der Waals surface area (Å²) in [4.78, 5) is 35.8. The molecule has 176 valence electrons. The number of likely N-dealkylation sites (tertiary alicyclic amines) is 1. The van der Waals surface area contributed by atoms with Gasteiger partial charge in [-0.25, -0.2) is 4.98 Å². The molecular weight excluding hydrogens is 442 g/mol. The van der Waals surface area contributed by atoms with Crippen LogP contribution in [0.25, 0.3) is 0 Å². The van der Waals surface area contributed by atoms with Crippen LogP contribution in [0.1, 0.15) is 34.5 Å². The molecule has 3 aliphatic heterocycles. The quantitative estimate of drug-likeness (QED) is 0.589. The molecule has 0 unspecified atom stereocenters. The number of ether oxygens (including phenoxy) is 2. The number of aromatic nitrogens is 1. The van der Waals surface area contributed by atoms with E-state index in [1.54, 1.807) is 6.20 Å². The Morgan fingerprint density at radius 3 is 2.79 bits per heavy atom. The summed E-state index contributed by atoms with van der Waals surface area (Å²) in [5.74, 6) is 1.77. The van der Waals surface area contributed by atoms with Gasteiger partial charge in [-0.1, -0.05) is 17.4 Å². The molecule has 9 nitrogen and oxygen atoms in total. The molecule has 2 amide bonds. The van der Waals surface area contributed by atoms with E-state index in [1.165, 1.54) is 16.9 Å². The third-order valence-corrected chi connectivity index (χ3v) is 7.32. The number of carbonyl (C=O) groups is 2. The zero-order chi connectivity index (χ0) is 22.6. The maximum atomic E-state index is 12.5. The minimum absolute atomic E-state index is 0.0899. The van der Waals surface area contributed by atoms with Crippen molar-refractivity contribution in [2.24, 2.45) is 0 Å². The van der Waals surface area contributed by atoms with E-state index in [-0.39, 0.29) is 11.8 Å². The minimum Gasteiger partial charge on any atom is -0.454 e. The molecule has 2 fully saturated rings. The summed E-state index contributed by atoms with van der Waals surface area (Å²) in [7, 11) is 0. The minimum atomic E-state index is -0.0899. The first-order valence-corrected chi connectivity index (χ1v) is 12.3. The number of thiazole rings is 1. The van der Waals surface area contributed by atoms with Crippen molar-refractivity contribution in [3.63, 3.8) is 0 Å². The van der Waals surface area contributed by atoms with Gasteiger partial charge in [0, 0.05) is 58.8 Å².